The topological polar surface area (TPSA) is 82.5 Å². The molecular weight excluding hydrogens is 330 g/mol. The summed E-state index contributed by atoms with van der Waals surface area (Å²) in [5.41, 5.74) is 0.550. The van der Waals surface area contributed by atoms with Crippen LogP contribution in [0.4, 0.5) is 0 Å². The highest BCUT2D eigenvalue weighted by molar-refractivity contribution is 7.20. The molecule has 2 heterocycles. The molecule has 1 amide bonds. The minimum Gasteiger partial charge on any atom is -0.385 e. The van der Waals surface area contributed by atoms with Gasteiger partial charge < -0.3 is 14.8 Å². The van der Waals surface area contributed by atoms with Crippen LogP contribution in [0, 0.1) is 6.92 Å². The van der Waals surface area contributed by atoms with Gasteiger partial charge in [-0.25, -0.2) is 4.98 Å². The van der Waals surface area contributed by atoms with Crippen molar-refractivity contribution in [2.75, 3.05) is 33.5 Å². The van der Waals surface area contributed by atoms with Gasteiger partial charge in [-0.15, -0.1) is 11.3 Å². The summed E-state index contributed by atoms with van der Waals surface area (Å²) < 4.78 is 11.8. The van der Waals surface area contributed by atoms with Gasteiger partial charge in [0.15, 0.2) is 0 Å². The van der Waals surface area contributed by atoms with E-state index in [1.807, 2.05) is 6.92 Å². The molecular formula is C16H23N3O4S. The highest BCUT2D eigenvalue weighted by atomic mass is 32.1. The zero-order valence-corrected chi connectivity index (χ0v) is 15.1. The van der Waals surface area contributed by atoms with E-state index in [9.17, 15) is 9.59 Å². The normalized spacial score (nSPS) is 11.1. The van der Waals surface area contributed by atoms with E-state index in [1.165, 1.54) is 22.2 Å². The van der Waals surface area contributed by atoms with Gasteiger partial charge in [0.25, 0.3) is 11.5 Å². The van der Waals surface area contributed by atoms with Crippen molar-refractivity contribution >= 4 is 27.5 Å². The third-order valence-corrected chi connectivity index (χ3v) is 4.81. The van der Waals surface area contributed by atoms with E-state index < -0.39 is 0 Å². The van der Waals surface area contributed by atoms with Crippen LogP contribution in [-0.2, 0) is 16.0 Å². The number of ether oxygens (including phenoxy) is 2. The molecule has 2 rings (SSSR count). The fourth-order valence-electron chi connectivity index (χ4n) is 2.34. The summed E-state index contributed by atoms with van der Waals surface area (Å²) in [7, 11) is 1.63. The number of carbonyl (C=O) groups excluding carboxylic acids is 1. The summed E-state index contributed by atoms with van der Waals surface area (Å²) in [4.78, 5) is 30.4. The number of amides is 1. The quantitative estimate of drug-likeness (QED) is 0.692. The highest BCUT2D eigenvalue weighted by Crippen LogP contribution is 2.26. The molecule has 0 bridgehead atoms. The van der Waals surface area contributed by atoms with Crippen LogP contribution in [0.3, 0.4) is 0 Å². The van der Waals surface area contributed by atoms with E-state index in [1.54, 1.807) is 14.0 Å². The minimum atomic E-state index is -0.174. The molecule has 0 unspecified atom stereocenters. The number of hydrogen-bond donors (Lipinski definition) is 1. The molecule has 0 aliphatic carbocycles. The fourth-order valence-corrected chi connectivity index (χ4v) is 3.40. The van der Waals surface area contributed by atoms with Crippen molar-refractivity contribution in [3.8, 4) is 0 Å². The Balaban J connectivity index is 2.21. The molecule has 0 aliphatic rings. The maximum atomic E-state index is 12.6. The molecule has 0 atom stereocenters. The molecule has 8 heteroatoms. The van der Waals surface area contributed by atoms with Gasteiger partial charge in [-0.1, -0.05) is 0 Å². The molecule has 0 fully saturated rings. The number of aromatic nitrogens is 2. The number of nitrogens with one attached hydrogen (secondary N) is 1. The van der Waals surface area contributed by atoms with Crippen molar-refractivity contribution in [1.29, 1.82) is 0 Å². The largest absolute Gasteiger partial charge is 0.385 e. The van der Waals surface area contributed by atoms with E-state index >= 15 is 0 Å². The number of nitrogens with zero attached hydrogens (tertiary/aromatic N) is 2. The van der Waals surface area contributed by atoms with Crippen molar-refractivity contribution in [3.05, 3.63) is 27.1 Å². The lowest BCUT2D eigenvalue weighted by molar-refractivity contribution is 0.0952. The van der Waals surface area contributed by atoms with Gasteiger partial charge in [0.2, 0.25) is 0 Å². The molecule has 0 saturated carbocycles. The Labute approximate surface area is 144 Å². The van der Waals surface area contributed by atoms with Crippen LogP contribution in [0.1, 0.15) is 28.6 Å². The van der Waals surface area contributed by atoms with Crippen LogP contribution in [0.25, 0.3) is 10.2 Å². The Morgan fingerprint density at radius 1 is 1.42 bits per heavy atom. The van der Waals surface area contributed by atoms with E-state index in [4.69, 9.17) is 9.47 Å². The Bertz CT molecular complexity index is 754. The minimum absolute atomic E-state index is 0.133. The number of hydrogen-bond acceptors (Lipinski definition) is 6. The van der Waals surface area contributed by atoms with Gasteiger partial charge in [-0.2, -0.15) is 0 Å². The first-order valence-corrected chi connectivity index (χ1v) is 8.75. The molecule has 0 saturated heterocycles. The number of fused-ring (bicyclic) bond motifs is 1. The number of rotatable bonds is 9. The van der Waals surface area contributed by atoms with Gasteiger partial charge in [0, 0.05) is 26.9 Å². The molecule has 0 radical (unpaired) electrons. The zero-order valence-electron chi connectivity index (χ0n) is 14.3. The molecule has 0 spiro atoms. The van der Waals surface area contributed by atoms with Crippen molar-refractivity contribution in [2.45, 2.75) is 26.8 Å². The fraction of sp³-hybridized carbons (Fsp3) is 0.562. The van der Waals surface area contributed by atoms with Crippen molar-refractivity contribution in [3.63, 3.8) is 0 Å². The molecule has 0 aliphatic heterocycles. The van der Waals surface area contributed by atoms with Crippen LogP contribution in [0.2, 0.25) is 0 Å². The first kappa shape index (κ1) is 18.6. The predicted molar refractivity (Wildman–Crippen MR) is 93.9 cm³/mol. The molecule has 2 aromatic rings. The molecule has 24 heavy (non-hydrogen) atoms. The summed E-state index contributed by atoms with van der Waals surface area (Å²) in [5.74, 6) is -0.174. The van der Waals surface area contributed by atoms with Crippen LogP contribution < -0.4 is 10.9 Å². The third kappa shape index (κ3) is 4.19. The Hall–Kier alpha value is -1.77. The Morgan fingerprint density at radius 2 is 2.21 bits per heavy atom. The van der Waals surface area contributed by atoms with Gasteiger partial charge in [-0.3, -0.25) is 14.2 Å². The van der Waals surface area contributed by atoms with Crippen LogP contribution in [0.5, 0.6) is 0 Å². The average molecular weight is 353 g/mol. The lowest BCUT2D eigenvalue weighted by Gasteiger charge is -2.05. The first-order chi connectivity index (χ1) is 11.6. The van der Waals surface area contributed by atoms with E-state index in [0.717, 1.165) is 6.42 Å². The predicted octanol–water partition coefficient (Wildman–Crippen LogP) is 1.57. The SMILES string of the molecule is CCOCCn1cnc2sc(C(=O)NCCCOC)c(C)c2c1=O. The summed E-state index contributed by atoms with van der Waals surface area (Å²) in [6, 6.07) is 0. The van der Waals surface area contributed by atoms with Crippen molar-refractivity contribution in [2.24, 2.45) is 0 Å². The summed E-state index contributed by atoms with van der Waals surface area (Å²) >= 11 is 1.25. The number of methoxy groups -OCH3 is 1. The summed E-state index contributed by atoms with van der Waals surface area (Å²) in [5, 5.41) is 3.36. The standard InChI is InChI=1S/C16H23N3O4S/c1-4-23-9-7-19-10-18-15-12(16(19)21)11(2)13(24-15)14(20)17-6-5-8-22-3/h10H,4-9H2,1-3H3,(H,17,20). The van der Waals surface area contributed by atoms with E-state index in [2.05, 4.69) is 10.3 Å². The van der Waals surface area contributed by atoms with Gasteiger partial charge in [0.1, 0.15) is 4.83 Å². The average Bonchev–Trinajstić information content (AvgIpc) is 2.91. The third-order valence-electron chi connectivity index (χ3n) is 3.61. The molecule has 0 aromatic carbocycles. The first-order valence-electron chi connectivity index (χ1n) is 7.93. The van der Waals surface area contributed by atoms with E-state index in [-0.39, 0.29) is 11.5 Å². The maximum Gasteiger partial charge on any atom is 0.262 e. The Kier molecular flexibility index (Phi) is 6.89. The zero-order chi connectivity index (χ0) is 17.5. The van der Waals surface area contributed by atoms with Crippen molar-refractivity contribution in [1.82, 2.24) is 14.9 Å². The lowest BCUT2D eigenvalue weighted by atomic mass is 10.2. The van der Waals surface area contributed by atoms with Gasteiger partial charge in [-0.05, 0) is 25.8 Å². The smallest absolute Gasteiger partial charge is 0.262 e. The lowest BCUT2D eigenvalue weighted by Crippen LogP contribution is -2.25. The molecule has 7 nitrogen and oxygen atoms in total. The number of carbonyl (C=O) groups is 1. The number of aryl methyl sites for hydroxylation is 1. The Morgan fingerprint density at radius 3 is 2.92 bits per heavy atom. The maximum absolute atomic E-state index is 12.6. The molecule has 1 N–H and O–H groups in total. The van der Waals surface area contributed by atoms with Crippen molar-refractivity contribution < 1.29 is 14.3 Å². The second kappa shape index (κ2) is 8.91. The highest BCUT2D eigenvalue weighted by Gasteiger charge is 2.19. The van der Waals surface area contributed by atoms with Crippen LogP contribution >= 0.6 is 11.3 Å². The van der Waals surface area contributed by atoms with E-state index in [0.29, 0.717) is 53.6 Å². The number of thiophene rings is 1. The summed E-state index contributed by atoms with van der Waals surface area (Å²) in [6.45, 7) is 6.34. The molecule has 132 valence electrons. The second-order valence-electron chi connectivity index (χ2n) is 5.28. The summed E-state index contributed by atoms with van der Waals surface area (Å²) in [6.07, 6.45) is 2.26. The molecule has 2 aromatic heterocycles. The van der Waals surface area contributed by atoms with Gasteiger partial charge in [0.05, 0.1) is 29.7 Å². The van der Waals surface area contributed by atoms with Crippen LogP contribution in [0.15, 0.2) is 11.1 Å². The van der Waals surface area contributed by atoms with Crippen LogP contribution in [-0.4, -0.2) is 48.9 Å². The van der Waals surface area contributed by atoms with Gasteiger partial charge >= 0.3 is 0 Å². The second-order valence-corrected chi connectivity index (χ2v) is 6.28. The monoisotopic (exact) mass is 353 g/mol.